The molecule has 0 fully saturated rings. The minimum absolute atomic E-state index is 0.387. The second kappa shape index (κ2) is 2.93. The third kappa shape index (κ3) is 1.26. The molecular weight excluding hydrogens is 192 g/mol. The molecular formula is C7H7ClN4O. The monoisotopic (exact) mass is 198 g/mol. The van der Waals surface area contributed by atoms with E-state index in [9.17, 15) is 5.11 Å². The van der Waals surface area contributed by atoms with Crippen molar-refractivity contribution >= 4 is 17.2 Å². The number of hydrogen-bond acceptors (Lipinski definition) is 4. The van der Waals surface area contributed by atoms with Crippen LogP contribution in [-0.2, 0) is 0 Å². The van der Waals surface area contributed by atoms with Gasteiger partial charge in [0.15, 0.2) is 11.5 Å². The van der Waals surface area contributed by atoms with Crippen molar-refractivity contribution in [2.45, 2.75) is 13.0 Å². The van der Waals surface area contributed by atoms with E-state index < -0.39 is 6.10 Å². The molecule has 5 nitrogen and oxygen atoms in total. The van der Waals surface area contributed by atoms with Crippen molar-refractivity contribution in [3.8, 4) is 0 Å². The molecule has 2 rings (SSSR count). The van der Waals surface area contributed by atoms with Gasteiger partial charge in [-0.05, 0) is 6.92 Å². The van der Waals surface area contributed by atoms with Gasteiger partial charge in [0.05, 0.1) is 12.4 Å². The van der Waals surface area contributed by atoms with Crippen LogP contribution >= 0.6 is 11.6 Å². The van der Waals surface area contributed by atoms with E-state index >= 15 is 0 Å². The fourth-order valence-corrected chi connectivity index (χ4v) is 1.33. The van der Waals surface area contributed by atoms with Crippen LogP contribution in [-0.4, -0.2) is 24.7 Å². The summed E-state index contributed by atoms with van der Waals surface area (Å²) >= 11 is 5.86. The Morgan fingerprint density at radius 2 is 2.23 bits per heavy atom. The molecule has 13 heavy (non-hydrogen) atoms. The standard InChI is InChI=1S/C7H7ClN4O/c1-4(13)7-11-10-6-3-9-2-5(8)12(6)7/h2-4,13H,1H3. The Bertz CT molecular complexity index is 439. The molecule has 0 aliphatic rings. The van der Waals surface area contributed by atoms with Gasteiger partial charge in [-0.2, -0.15) is 0 Å². The smallest absolute Gasteiger partial charge is 0.180 e. The molecule has 2 aromatic rings. The lowest BCUT2D eigenvalue weighted by Crippen LogP contribution is -2.00. The van der Waals surface area contributed by atoms with Crippen molar-refractivity contribution in [1.29, 1.82) is 0 Å². The van der Waals surface area contributed by atoms with Crippen molar-refractivity contribution in [3.05, 3.63) is 23.4 Å². The van der Waals surface area contributed by atoms with E-state index in [2.05, 4.69) is 15.2 Å². The first-order valence-corrected chi connectivity index (χ1v) is 4.10. The topological polar surface area (TPSA) is 63.3 Å². The van der Waals surface area contributed by atoms with E-state index in [0.29, 0.717) is 16.6 Å². The second-order valence-corrected chi connectivity index (χ2v) is 3.05. The minimum atomic E-state index is -0.699. The Kier molecular flexibility index (Phi) is 1.90. The van der Waals surface area contributed by atoms with E-state index in [1.54, 1.807) is 11.3 Å². The van der Waals surface area contributed by atoms with Crippen molar-refractivity contribution in [3.63, 3.8) is 0 Å². The number of aliphatic hydroxyl groups excluding tert-OH is 1. The van der Waals surface area contributed by atoms with Crippen LogP contribution in [0.3, 0.4) is 0 Å². The van der Waals surface area contributed by atoms with Gasteiger partial charge in [-0.3, -0.25) is 9.38 Å². The summed E-state index contributed by atoms with van der Waals surface area (Å²) in [6, 6.07) is 0. The number of fused-ring (bicyclic) bond motifs is 1. The molecule has 1 N–H and O–H groups in total. The first-order valence-electron chi connectivity index (χ1n) is 3.72. The zero-order valence-corrected chi connectivity index (χ0v) is 7.60. The van der Waals surface area contributed by atoms with E-state index in [-0.39, 0.29) is 0 Å². The minimum Gasteiger partial charge on any atom is -0.385 e. The summed E-state index contributed by atoms with van der Waals surface area (Å²) in [6.07, 6.45) is 2.31. The molecule has 1 atom stereocenters. The second-order valence-electron chi connectivity index (χ2n) is 2.66. The highest BCUT2D eigenvalue weighted by atomic mass is 35.5. The first-order chi connectivity index (χ1) is 6.20. The number of rotatable bonds is 1. The Hall–Kier alpha value is -1.20. The largest absolute Gasteiger partial charge is 0.385 e. The van der Waals surface area contributed by atoms with Gasteiger partial charge in [-0.1, -0.05) is 11.6 Å². The molecule has 0 aliphatic heterocycles. The number of halogens is 1. The van der Waals surface area contributed by atoms with Crippen LogP contribution in [0.1, 0.15) is 18.9 Å². The molecule has 6 heteroatoms. The van der Waals surface area contributed by atoms with Gasteiger partial charge < -0.3 is 5.11 Å². The predicted molar refractivity (Wildman–Crippen MR) is 46.4 cm³/mol. The molecule has 0 spiro atoms. The molecule has 2 heterocycles. The van der Waals surface area contributed by atoms with E-state index in [1.807, 2.05) is 0 Å². The van der Waals surface area contributed by atoms with Gasteiger partial charge in [0.25, 0.3) is 0 Å². The summed E-state index contributed by atoms with van der Waals surface area (Å²) in [5.41, 5.74) is 0.531. The van der Waals surface area contributed by atoms with E-state index in [4.69, 9.17) is 11.6 Å². The summed E-state index contributed by atoms with van der Waals surface area (Å²) < 4.78 is 1.55. The summed E-state index contributed by atoms with van der Waals surface area (Å²) in [7, 11) is 0. The normalized spacial score (nSPS) is 13.5. The molecule has 0 radical (unpaired) electrons. The van der Waals surface area contributed by atoms with Crippen LogP contribution < -0.4 is 0 Å². The summed E-state index contributed by atoms with van der Waals surface area (Å²) in [5, 5.41) is 17.3. The summed E-state index contributed by atoms with van der Waals surface area (Å²) in [6.45, 7) is 1.60. The molecule has 0 aromatic carbocycles. The number of aromatic nitrogens is 4. The fraction of sp³-hybridized carbons (Fsp3) is 0.286. The predicted octanol–water partition coefficient (Wildman–Crippen LogP) is 0.831. The average Bonchev–Trinajstić information content (AvgIpc) is 2.49. The van der Waals surface area contributed by atoms with Crippen molar-refractivity contribution < 1.29 is 5.11 Å². The Morgan fingerprint density at radius 1 is 1.46 bits per heavy atom. The third-order valence-corrected chi connectivity index (χ3v) is 1.94. The number of hydrogen-bond donors (Lipinski definition) is 1. The Labute approximate surface area is 79.0 Å². The number of nitrogens with zero attached hydrogens (tertiary/aromatic N) is 4. The zero-order chi connectivity index (χ0) is 9.42. The van der Waals surface area contributed by atoms with Crippen LogP contribution in [0.5, 0.6) is 0 Å². The maximum absolute atomic E-state index is 9.33. The zero-order valence-electron chi connectivity index (χ0n) is 6.85. The Balaban J connectivity index is 2.79. The van der Waals surface area contributed by atoms with Gasteiger partial charge >= 0.3 is 0 Å². The highest BCUT2D eigenvalue weighted by Crippen LogP contribution is 2.16. The van der Waals surface area contributed by atoms with Crippen LogP contribution in [0.15, 0.2) is 12.4 Å². The maximum atomic E-state index is 9.33. The van der Waals surface area contributed by atoms with Crippen molar-refractivity contribution in [2.75, 3.05) is 0 Å². The van der Waals surface area contributed by atoms with Crippen LogP contribution in [0, 0.1) is 0 Å². The molecule has 0 amide bonds. The quantitative estimate of drug-likeness (QED) is 0.737. The SMILES string of the molecule is CC(O)c1nnc2cncc(Cl)n12. The van der Waals surface area contributed by atoms with Crippen LogP contribution in [0.2, 0.25) is 5.15 Å². The molecule has 0 saturated carbocycles. The van der Waals surface area contributed by atoms with Crippen LogP contribution in [0.25, 0.3) is 5.65 Å². The Morgan fingerprint density at radius 3 is 2.92 bits per heavy atom. The van der Waals surface area contributed by atoms with Crippen molar-refractivity contribution in [1.82, 2.24) is 19.6 Å². The number of aliphatic hydroxyl groups is 1. The highest BCUT2D eigenvalue weighted by Gasteiger charge is 2.12. The molecule has 0 saturated heterocycles. The third-order valence-electron chi connectivity index (χ3n) is 1.67. The molecule has 0 bridgehead atoms. The lowest BCUT2D eigenvalue weighted by atomic mass is 10.4. The van der Waals surface area contributed by atoms with Crippen LogP contribution in [0.4, 0.5) is 0 Å². The van der Waals surface area contributed by atoms with Gasteiger partial charge in [-0.25, -0.2) is 0 Å². The van der Waals surface area contributed by atoms with Crippen molar-refractivity contribution in [2.24, 2.45) is 0 Å². The lowest BCUT2D eigenvalue weighted by molar-refractivity contribution is 0.187. The maximum Gasteiger partial charge on any atom is 0.180 e. The first kappa shape index (κ1) is 8.40. The summed E-state index contributed by atoms with van der Waals surface area (Å²) in [5.74, 6) is 0.419. The van der Waals surface area contributed by atoms with E-state index in [1.165, 1.54) is 12.4 Å². The average molecular weight is 199 g/mol. The molecule has 0 aliphatic carbocycles. The molecule has 1 unspecified atom stereocenters. The van der Waals surface area contributed by atoms with Gasteiger partial charge in [0.1, 0.15) is 11.3 Å². The highest BCUT2D eigenvalue weighted by molar-refractivity contribution is 6.29. The fourth-order valence-electron chi connectivity index (χ4n) is 1.11. The van der Waals surface area contributed by atoms with E-state index in [0.717, 1.165) is 0 Å². The summed E-state index contributed by atoms with van der Waals surface area (Å²) in [4.78, 5) is 3.85. The molecule has 68 valence electrons. The molecule has 2 aromatic heterocycles. The van der Waals surface area contributed by atoms with Gasteiger partial charge in [0.2, 0.25) is 0 Å². The lowest BCUT2D eigenvalue weighted by Gasteiger charge is -2.02. The van der Waals surface area contributed by atoms with Gasteiger partial charge in [-0.15, -0.1) is 10.2 Å². The van der Waals surface area contributed by atoms with Gasteiger partial charge in [0, 0.05) is 0 Å².